The lowest BCUT2D eigenvalue weighted by Crippen LogP contribution is -2.48. The quantitative estimate of drug-likeness (QED) is 0.112. The smallest absolute Gasteiger partial charge is 0.258 e. The van der Waals surface area contributed by atoms with Crippen molar-refractivity contribution in [2.75, 3.05) is 62.1 Å². The molecule has 2 heterocycles. The third-order valence-corrected chi connectivity index (χ3v) is 9.97. The molecule has 0 spiro atoms. The van der Waals surface area contributed by atoms with Crippen molar-refractivity contribution < 1.29 is 23.9 Å². The minimum absolute atomic E-state index is 0. The summed E-state index contributed by atoms with van der Waals surface area (Å²) in [5, 5.41) is 2.98. The number of amides is 3. The first-order valence-corrected chi connectivity index (χ1v) is 18.8. The van der Waals surface area contributed by atoms with Crippen LogP contribution in [0.15, 0.2) is 109 Å². The van der Waals surface area contributed by atoms with E-state index in [1.807, 2.05) is 91.5 Å². The van der Waals surface area contributed by atoms with E-state index in [4.69, 9.17) is 9.47 Å². The van der Waals surface area contributed by atoms with Crippen LogP contribution in [0.2, 0.25) is 0 Å². The van der Waals surface area contributed by atoms with Crippen LogP contribution in [-0.4, -0.2) is 74.5 Å². The van der Waals surface area contributed by atoms with Gasteiger partial charge in [0.2, 0.25) is 5.91 Å². The molecule has 3 amide bonds. The van der Waals surface area contributed by atoms with E-state index in [0.717, 1.165) is 73.4 Å². The van der Waals surface area contributed by atoms with Gasteiger partial charge in [-0.1, -0.05) is 54.1 Å². The molecule has 1 aliphatic rings. The van der Waals surface area contributed by atoms with Crippen molar-refractivity contribution in [2.24, 2.45) is 0 Å². The summed E-state index contributed by atoms with van der Waals surface area (Å²) in [6.45, 7) is 7.57. The number of piperazine rings is 1. The fourth-order valence-corrected chi connectivity index (χ4v) is 6.76. The first-order valence-electron chi connectivity index (χ1n) is 18.8. The number of methoxy groups -OCH3 is 1. The highest BCUT2D eigenvalue weighted by Crippen LogP contribution is 2.33. The van der Waals surface area contributed by atoms with Gasteiger partial charge in [0.15, 0.2) is 0 Å². The molecule has 0 radical (unpaired) electrons. The molecular formula is C45H51Cl2N5O5. The van der Waals surface area contributed by atoms with Crippen molar-refractivity contribution in [2.45, 2.75) is 39.5 Å². The molecule has 1 fully saturated rings. The number of aryl methyl sites for hydroxylation is 2. The lowest BCUT2D eigenvalue weighted by atomic mass is 9.98. The fraction of sp³-hybridized carbons (Fsp3) is 0.289. The number of benzene rings is 4. The average molecular weight is 813 g/mol. The fourth-order valence-electron chi connectivity index (χ4n) is 6.76. The van der Waals surface area contributed by atoms with Crippen LogP contribution in [0.4, 0.5) is 17.1 Å². The number of nitrogens with one attached hydrogen (secondary N) is 1. The Balaban J connectivity index is 0.00000360. The van der Waals surface area contributed by atoms with Crippen LogP contribution in [0.25, 0.3) is 11.1 Å². The maximum Gasteiger partial charge on any atom is 0.258 e. The minimum Gasteiger partial charge on any atom is -0.495 e. The van der Waals surface area contributed by atoms with E-state index >= 15 is 0 Å². The zero-order valence-corrected chi connectivity index (χ0v) is 34.5. The second kappa shape index (κ2) is 21.1. The van der Waals surface area contributed by atoms with E-state index in [1.54, 1.807) is 48.6 Å². The van der Waals surface area contributed by atoms with Gasteiger partial charge in [0, 0.05) is 68.9 Å². The molecule has 0 atom stereocenters. The number of ether oxygens (including phenoxy) is 2. The second-order valence-corrected chi connectivity index (χ2v) is 13.8. The van der Waals surface area contributed by atoms with E-state index in [9.17, 15) is 14.4 Å². The maximum atomic E-state index is 13.8. The number of carbonyl (C=O) groups is 3. The Labute approximate surface area is 348 Å². The predicted octanol–water partition coefficient (Wildman–Crippen LogP) is 9.03. The Kier molecular flexibility index (Phi) is 16.3. The number of halogens is 2. The highest BCUT2D eigenvalue weighted by atomic mass is 35.5. The van der Waals surface area contributed by atoms with E-state index in [2.05, 4.69) is 15.2 Å². The standard InChI is InChI=1S/C45H49N5O5.2ClH/c1-32-13-16-34(17-14-32)37-10-7-8-11-38(37)44(52)47-39-19-18-35(31-41(39)54-4)45(53)48(3)40-20-15-33(2)30-42(40)55-29-9-5-6-12-43(51)50-27-25-49(26-28-50)36-21-23-46-24-22-36;;/h7-8,10-11,13-24,30-31H,5-6,9,12,25-29H2,1-4H3,(H,47,52);2*1H. The van der Waals surface area contributed by atoms with Crippen molar-refractivity contribution in [3.8, 4) is 22.6 Å². The van der Waals surface area contributed by atoms with Crippen molar-refractivity contribution in [1.82, 2.24) is 9.88 Å². The Bertz CT molecular complexity index is 2110. The van der Waals surface area contributed by atoms with E-state index in [0.29, 0.717) is 47.0 Å². The Hall–Kier alpha value is -5.58. The van der Waals surface area contributed by atoms with Gasteiger partial charge in [-0.15, -0.1) is 24.8 Å². The molecule has 1 aromatic heterocycles. The summed E-state index contributed by atoms with van der Waals surface area (Å²) in [4.78, 5) is 50.1. The van der Waals surface area contributed by atoms with Crippen LogP contribution in [-0.2, 0) is 4.79 Å². The summed E-state index contributed by atoms with van der Waals surface area (Å²) in [5.74, 6) is 0.643. The lowest BCUT2D eigenvalue weighted by molar-refractivity contribution is -0.131. The van der Waals surface area contributed by atoms with Crippen molar-refractivity contribution in [3.63, 3.8) is 0 Å². The highest BCUT2D eigenvalue weighted by molar-refractivity contribution is 6.10. The Morgan fingerprint density at radius 2 is 1.47 bits per heavy atom. The lowest BCUT2D eigenvalue weighted by Gasteiger charge is -2.36. The number of unbranched alkanes of at least 4 members (excludes halogenated alkanes) is 2. The highest BCUT2D eigenvalue weighted by Gasteiger charge is 2.22. The van der Waals surface area contributed by atoms with Gasteiger partial charge in [-0.2, -0.15) is 0 Å². The molecule has 12 heteroatoms. The van der Waals surface area contributed by atoms with E-state index in [1.165, 1.54) is 7.11 Å². The number of aromatic nitrogens is 1. The van der Waals surface area contributed by atoms with Crippen molar-refractivity contribution in [3.05, 3.63) is 132 Å². The first-order chi connectivity index (χ1) is 26.7. The molecule has 5 aromatic rings. The molecule has 1 aliphatic heterocycles. The van der Waals surface area contributed by atoms with Gasteiger partial charge in [0.25, 0.3) is 11.8 Å². The van der Waals surface area contributed by atoms with Gasteiger partial charge in [0.1, 0.15) is 11.5 Å². The number of hydrogen-bond acceptors (Lipinski definition) is 7. The summed E-state index contributed by atoms with van der Waals surface area (Å²) < 4.78 is 11.9. The molecule has 1 N–H and O–H groups in total. The Morgan fingerprint density at radius 1 is 0.772 bits per heavy atom. The van der Waals surface area contributed by atoms with Gasteiger partial charge in [-0.25, -0.2) is 0 Å². The largest absolute Gasteiger partial charge is 0.495 e. The predicted molar refractivity (Wildman–Crippen MR) is 233 cm³/mol. The SMILES string of the molecule is COc1cc(C(=O)N(C)c2ccc(C)cc2OCCCCCC(=O)N2CCN(c3ccncc3)CC2)ccc1NC(=O)c1ccccc1-c1ccc(C)cc1.Cl.Cl. The number of pyridine rings is 1. The molecule has 57 heavy (non-hydrogen) atoms. The molecule has 4 aromatic carbocycles. The molecule has 1 saturated heterocycles. The van der Waals surface area contributed by atoms with Crippen LogP contribution in [0.5, 0.6) is 11.5 Å². The summed E-state index contributed by atoms with van der Waals surface area (Å²) in [7, 11) is 3.23. The maximum absolute atomic E-state index is 13.8. The first kappa shape index (κ1) is 44.1. The number of nitrogens with zero attached hydrogens (tertiary/aromatic N) is 4. The van der Waals surface area contributed by atoms with Crippen LogP contribution in [0, 0.1) is 13.8 Å². The molecule has 300 valence electrons. The van der Waals surface area contributed by atoms with Crippen molar-refractivity contribution in [1.29, 1.82) is 0 Å². The topological polar surface area (TPSA) is 104 Å². The normalized spacial score (nSPS) is 12.1. The van der Waals surface area contributed by atoms with Gasteiger partial charge in [-0.05, 0) is 98.3 Å². The monoisotopic (exact) mass is 811 g/mol. The molecular weight excluding hydrogens is 761 g/mol. The molecule has 0 saturated carbocycles. The number of anilines is 3. The van der Waals surface area contributed by atoms with Crippen LogP contribution >= 0.6 is 24.8 Å². The van der Waals surface area contributed by atoms with Crippen LogP contribution in [0.3, 0.4) is 0 Å². The zero-order valence-electron chi connectivity index (χ0n) is 32.9. The van der Waals surface area contributed by atoms with E-state index < -0.39 is 0 Å². The minimum atomic E-state index is -0.283. The summed E-state index contributed by atoms with van der Waals surface area (Å²) >= 11 is 0. The third kappa shape index (κ3) is 11.3. The summed E-state index contributed by atoms with van der Waals surface area (Å²) in [6.07, 6.45) is 6.56. The van der Waals surface area contributed by atoms with Crippen LogP contribution in [0.1, 0.15) is 57.5 Å². The second-order valence-electron chi connectivity index (χ2n) is 13.8. The third-order valence-electron chi connectivity index (χ3n) is 9.97. The van der Waals surface area contributed by atoms with Crippen molar-refractivity contribution >= 4 is 59.6 Å². The molecule has 0 unspecified atom stereocenters. The van der Waals surface area contributed by atoms with Gasteiger partial charge < -0.3 is 29.5 Å². The summed E-state index contributed by atoms with van der Waals surface area (Å²) in [6, 6.07) is 30.3. The average Bonchev–Trinajstić information content (AvgIpc) is 3.22. The number of carbonyl (C=O) groups excluding carboxylic acids is 3. The van der Waals surface area contributed by atoms with E-state index in [-0.39, 0.29) is 42.5 Å². The molecule has 10 nitrogen and oxygen atoms in total. The van der Waals surface area contributed by atoms with Gasteiger partial charge >= 0.3 is 0 Å². The summed E-state index contributed by atoms with van der Waals surface area (Å²) in [5.41, 5.74) is 7.08. The van der Waals surface area contributed by atoms with Gasteiger partial charge in [0.05, 0.1) is 25.1 Å². The number of hydrogen-bond donors (Lipinski definition) is 1. The Morgan fingerprint density at radius 3 is 2.19 bits per heavy atom. The zero-order chi connectivity index (χ0) is 38.7. The molecule has 0 bridgehead atoms. The number of rotatable bonds is 14. The van der Waals surface area contributed by atoms with Gasteiger partial charge in [-0.3, -0.25) is 19.4 Å². The molecule has 6 rings (SSSR count). The van der Waals surface area contributed by atoms with Crippen LogP contribution < -0.4 is 24.6 Å². The molecule has 0 aliphatic carbocycles.